The molecule has 0 aromatic carbocycles. The second kappa shape index (κ2) is 11.0. The Bertz CT molecular complexity index is 396. The predicted molar refractivity (Wildman–Crippen MR) is 108 cm³/mol. The fraction of sp³-hybridized carbons (Fsp3) is 0.950. The summed E-state index contributed by atoms with van der Waals surface area (Å²) in [6.07, 6.45) is 5.14. The molecule has 0 spiro atoms. The summed E-state index contributed by atoms with van der Waals surface area (Å²) < 4.78 is 0. The first-order valence-corrected chi connectivity index (χ1v) is 10.5. The lowest BCUT2D eigenvalue weighted by atomic mass is 9.97. The van der Waals surface area contributed by atoms with Crippen molar-refractivity contribution in [2.24, 2.45) is 16.8 Å². The summed E-state index contributed by atoms with van der Waals surface area (Å²) in [6.45, 7) is 17.2. The van der Waals surface area contributed by atoms with Crippen LogP contribution in [-0.2, 0) is 0 Å². The summed E-state index contributed by atoms with van der Waals surface area (Å²) in [6, 6.07) is 0. The lowest BCUT2D eigenvalue weighted by Crippen LogP contribution is -2.40. The molecule has 2 aliphatic heterocycles. The third kappa shape index (κ3) is 7.53. The van der Waals surface area contributed by atoms with Gasteiger partial charge in [0, 0.05) is 39.3 Å². The van der Waals surface area contributed by atoms with E-state index in [0.717, 1.165) is 30.9 Å². The Labute approximate surface area is 155 Å². The number of likely N-dealkylation sites (N-methyl/N-ethyl adjacent to an activating group) is 1. The van der Waals surface area contributed by atoms with Gasteiger partial charge in [-0.2, -0.15) is 0 Å². The van der Waals surface area contributed by atoms with Crippen LogP contribution >= 0.6 is 0 Å². The maximum atomic E-state index is 4.93. The van der Waals surface area contributed by atoms with Crippen LogP contribution in [0.1, 0.15) is 46.5 Å². The van der Waals surface area contributed by atoms with E-state index in [9.17, 15) is 0 Å². The highest BCUT2D eigenvalue weighted by molar-refractivity contribution is 5.80. The molecule has 0 saturated carbocycles. The zero-order valence-electron chi connectivity index (χ0n) is 17.1. The van der Waals surface area contributed by atoms with Gasteiger partial charge in [0.05, 0.1) is 0 Å². The molecule has 5 nitrogen and oxygen atoms in total. The van der Waals surface area contributed by atoms with Crippen molar-refractivity contribution in [2.45, 2.75) is 46.5 Å². The Balaban J connectivity index is 1.74. The molecule has 0 aromatic rings. The van der Waals surface area contributed by atoms with Gasteiger partial charge in [-0.1, -0.05) is 13.8 Å². The van der Waals surface area contributed by atoms with Crippen molar-refractivity contribution >= 4 is 5.96 Å². The second-order valence-corrected chi connectivity index (χ2v) is 8.32. The number of hydrogen-bond donors (Lipinski definition) is 1. The molecular weight excluding hydrogens is 310 g/mol. The highest BCUT2D eigenvalue weighted by Gasteiger charge is 2.25. The van der Waals surface area contributed by atoms with Crippen molar-refractivity contribution in [3.8, 4) is 0 Å². The summed E-state index contributed by atoms with van der Waals surface area (Å²) in [7, 11) is 2.24. The molecule has 0 aromatic heterocycles. The molecule has 25 heavy (non-hydrogen) atoms. The molecule has 1 unspecified atom stereocenters. The maximum absolute atomic E-state index is 4.93. The van der Waals surface area contributed by atoms with Crippen LogP contribution in [0.25, 0.3) is 0 Å². The highest BCUT2D eigenvalue weighted by atomic mass is 15.3. The van der Waals surface area contributed by atoms with Crippen LogP contribution in [0.3, 0.4) is 0 Å². The molecule has 1 atom stereocenters. The van der Waals surface area contributed by atoms with E-state index in [1.54, 1.807) is 0 Å². The zero-order chi connectivity index (χ0) is 18.1. The van der Waals surface area contributed by atoms with E-state index in [1.807, 2.05) is 0 Å². The van der Waals surface area contributed by atoms with Gasteiger partial charge in [0.1, 0.15) is 0 Å². The SMILES string of the molecule is CCNC(=NCCCN1CCCN(C)CC1)N1CCC(CC(C)C)C1. The third-order valence-electron chi connectivity index (χ3n) is 5.43. The molecule has 2 fully saturated rings. The molecular formula is C20H41N5. The van der Waals surface area contributed by atoms with Gasteiger partial charge < -0.3 is 20.0 Å². The quantitative estimate of drug-likeness (QED) is 0.434. The van der Waals surface area contributed by atoms with E-state index in [-0.39, 0.29) is 0 Å². The Kier molecular flexibility index (Phi) is 9.04. The molecule has 1 N–H and O–H groups in total. The van der Waals surface area contributed by atoms with Crippen LogP contribution in [0.4, 0.5) is 0 Å². The summed E-state index contributed by atoms with van der Waals surface area (Å²) in [4.78, 5) is 12.5. The van der Waals surface area contributed by atoms with Crippen LogP contribution in [0.5, 0.6) is 0 Å². The number of likely N-dealkylation sites (tertiary alicyclic amines) is 1. The van der Waals surface area contributed by atoms with Gasteiger partial charge in [-0.25, -0.2) is 0 Å². The van der Waals surface area contributed by atoms with Crippen LogP contribution in [0, 0.1) is 11.8 Å². The van der Waals surface area contributed by atoms with E-state index in [2.05, 4.69) is 47.8 Å². The topological polar surface area (TPSA) is 34.1 Å². The first-order chi connectivity index (χ1) is 12.1. The average molecular weight is 352 g/mol. The Morgan fingerprint density at radius 3 is 2.76 bits per heavy atom. The van der Waals surface area contributed by atoms with Crippen molar-refractivity contribution in [2.75, 3.05) is 66.0 Å². The fourth-order valence-electron chi connectivity index (χ4n) is 4.11. The van der Waals surface area contributed by atoms with E-state index < -0.39 is 0 Å². The molecule has 0 amide bonds. The van der Waals surface area contributed by atoms with Crippen molar-refractivity contribution in [1.29, 1.82) is 0 Å². The molecule has 5 heteroatoms. The van der Waals surface area contributed by atoms with Gasteiger partial charge in [0.15, 0.2) is 5.96 Å². The monoisotopic (exact) mass is 351 g/mol. The summed E-state index contributed by atoms with van der Waals surface area (Å²) >= 11 is 0. The van der Waals surface area contributed by atoms with Crippen molar-refractivity contribution in [3.05, 3.63) is 0 Å². The lowest BCUT2D eigenvalue weighted by Gasteiger charge is -2.23. The van der Waals surface area contributed by atoms with Crippen molar-refractivity contribution in [1.82, 2.24) is 20.0 Å². The van der Waals surface area contributed by atoms with Crippen LogP contribution in [0.2, 0.25) is 0 Å². The van der Waals surface area contributed by atoms with Crippen LogP contribution in [0.15, 0.2) is 4.99 Å². The van der Waals surface area contributed by atoms with E-state index >= 15 is 0 Å². The minimum Gasteiger partial charge on any atom is -0.357 e. The molecule has 146 valence electrons. The summed E-state index contributed by atoms with van der Waals surface area (Å²) in [5.41, 5.74) is 0. The minimum absolute atomic E-state index is 0.803. The van der Waals surface area contributed by atoms with Gasteiger partial charge in [0.2, 0.25) is 0 Å². The van der Waals surface area contributed by atoms with Crippen LogP contribution in [-0.4, -0.2) is 86.6 Å². The minimum atomic E-state index is 0.803. The first-order valence-electron chi connectivity index (χ1n) is 10.5. The Morgan fingerprint density at radius 1 is 1.16 bits per heavy atom. The number of rotatable bonds is 7. The third-order valence-corrected chi connectivity index (χ3v) is 5.43. The number of aliphatic imine (C=N–C) groups is 1. The molecule has 2 heterocycles. The molecule has 2 saturated heterocycles. The van der Waals surface area contributed by atoms with Gasteiger partial charge in [-0.3, -0.25) is 4.99 Å². The lowest BCUT2D eigenvalue weighted by molar-refractivity contribution is 0.275. The molecule has 2 aliphatic rings. The molecule has 2 rings (SSSR count). The van der Waals surface area contributed by atoms with E-state index in [4.69, 9.17) is 4.99 Å². The predicted octanol–water partition coefficient (Wildman–Crippen LogP) is 2.35. The largest absolute Gasteiger partial charge is 0.357 e. The zero-order valence-corrected chi connectivity index (χ0v) is 17.1. The highest BCUT2D eigenvalue weighted by Crippen LogP contribution is 2.23. The van der Waals surface area contributed by atoms with Crippen molar-refractivity contribution in [3.63, 3.8) is 0 Å². The Morgan fingerprint density at radius 2 is 2.00 bits per heavy atom. The Hall–Kier alpha value is -0.810. The van der Waals surface area contributed by atoms with Gasteiger partial charge in [-0.15, -0.1) is 0 Å². The average Bonchev–Trinajstić information content (AvgIpc) is 2.91. The standard InChI is InChI=1S/C20H41N5/c1-5-21-20(25-13-8-19(17-25)16-18(2)3)22-9-6-11-24-12-7-10-23(4)14-15-24/h18-19H,5-17H2,1-4H3,(H,21,22). The normalized spacial score (nSPS) is 24.1. The van der Waals surface area contributed by atoms with Gasteiger partial charge in [-0.05, 0) is 71.1 Å². The number of nitrogens with one attached hydrogen (secondary N) is 1. The van der Waals surface area contributed by atoms with E-state index in [0.29, 0.717) is 0 Å². The fourth-order valence-corrected chi connectivity index (χ4v) is 4.11. The van der Waals surface area contributed by atoms with Crippen LogP contribution < -0.4 is 5.32 Å². The smallest absolute Gasteiger partial charge is 0.193 e. The summed E-state index contributed by atoms with van der Waals surface area (Å²) in [5.74, 6) is 2.79. The van der Waals surface area contributed by atoms with Crippen molar-refractivity contribution < 1.29 is 0 Å². The van der Waals surface area contributed by atoms with Gasteiger partial charge >= 0.3 is 0 Å². The van der Waals surface area contributed by atoms with Gasteiger partial charge in [0.25, 0.3) is 0 Å². The number of nitrogens with zero attached hydrogens (tertiary/aromatic N) is 4. The molecule has 0 bridgehead atoms. The maximum Gasteiger partial charge on any atom is 0.193 e. The summed E-state index contributed by atoms with van der Waals surface area (Å²) in [5, 5.41) is 3.51. The second-order valence-electron chi connectivity index (χ2n) is 8.32. The molecule has 0 aliphatic carbocycles. The molecule has 0 radical (unpaired) electrons. The van der Waals surface area contributed by atoms with E-state index in [1.165, 1.54) is 71.5 Å². The first kappa shape index (κ1) is 20.5. The number of guanidine groups is 1. The number of hydrogen-bond acceptors (Lipinski definition) is 3.